The molecule has 1 saturated carbocycles. The smallest absolute Gasteiger partial charge is 0.410 e. The first-order chi connectivity index (χ1) is 14.2. The molecule has 1 aliphatic carbocycles. The van der Waals surface area contributed by atoms with Gasteiger partial charge < -0.3 is 24.7 Å². The van der Waals surface area contributed by atoms with E-state index in [-0.39, 0.29) is 18.1 Å². The van der Waals surface area contributed by atoms with Crippen LogP contribution < -0.4 is 5.32 Å². The molecule has 2 amide bonds. The standard InChI is InChI=1S/C21H26N4O4/c26-20(19-9-13-10-22-5-2-18(13)24-19)23-6-1-15-16-11-25(12-17(15)16)21(27)29-14-3-7-28-8-4-14/h2,5,9-10,14-17,24H,1,3-4,6-8,11-12H2,(H,23,26)/t15?,16-,17?/m1/s1. The lowest BCUT2D eigenvalue weighted by molar-refractivity contribution is -0.00949. The number of H-pyrrole nitrogens is 1. The summed E-state index contributed by atoms with van der Waals surface area (Å²) in [6.07, 6.45) is 5.81. The van der Waals surface area contributed by atoms with Crippen molar-refractivity contribution in [3.05, 3.63) is 30.2 Å². The maximum atomic E-state index is 12.4. The molecule has 2 N–H and O–H groups in total. The number of carbonyl (C=O) groups is 2. The summed E-state index contributed by atoms with van der Waals surface area (Å²) in [5.41, 5.74) is 1.47. The maximum absolute atomic E-state index is 12.4. The molecule has 3 fully saturated rings. The number of hydrogen-bond donors (Lipinski definition) is 2. The summed E-state index contributed by atoms with van der Waals surface area (Å²) in [6.45, 7) is 3.55. The number of ether oxygens (including phenoxy) is 2. The molecule has 8 heteroatoms. The molecule has 0 aromatic carbocycles. The molecular weight excluding hydrogens is 372 g/mol. The van der Waals surface area contributed by atoms with Crippen molar-refractivity contribution in [2.75, 3.05) is 32.8 Å². The van der Waals surface area contributed by atoms with Gasteiger partial charge in [0.2, 0.25) is 0 Å². The van der Waals surface area contributed by atoms with Crippen molar-refractivity contribution in [2.24, 2.45) is 17.8 Å². The van der Waals surface area contributed by atoms with Gasteiger partial charge in [0.05, 0.1) is 13.2 Å². The third-order valence-electron chi connectivity index (χ3n) is 6.49. The Kier molecular flexibility index (Phi) is 4.87. The van der Waals surface area contributed by atoms with Gasteiger partial charge in [-0.3, -0.25) is 9.78 Å². The number of aromatic amines is 1. The van der Waals surface area contributed by atoms with E-state index < -0.39 is 0 Å². The van der Waals surface area contributed by atoms with E-state index in [1.165, 1.54) is 0 Å². The van der Waals surface area contributed by atoms with Gasteiger partial charge >= 0.3 is 6.09 Å². The number of nitrogens with one attached hydrogen (secondary N) is 2. The molecule has 3 atom stereocenters. The third-order valence-corrected chi connectivity index (χ3v) is 6.49. The van der Waals surface area contributed by atoms with Crippen LogP contribution in [0.2, 0.25) is 0 Å². The Morgan fingerprint density at radius 2 is 2.07 bits per heavy atom. The molecule has 0 radical (unpaired) electrons. The van der Waals surface area contributed by atoms with Crippen LogP contribution in [0.3, 0.4) is 0 Å². The summed E-state index contributed by atoms with van der Waals surface area (Å²) < 4.78 is 10.9. The number of hydrogen-bond acceptors (Lipinski definition) is 5. The molecule has 4 heterocycles. The first-order valence-electron chi connectivity index (χ1n) is 10.4. The van der Waals surface area contributed by atoms with Gasteiger partial charge in [0, 0.05) is 55.8 Å². The first-order valence-corrected chi connectivity index (χ1v) is 10.4. The number of piperidine rings is 1. The van der Waals surface area contributed by atoms with Crippen molar-refractivity contribution >= 4 is 22.9 Å². The minimum atomic E-state index is -0.176. The topological polar surface area (TPSA) is 96.6 Å². The quantitative estimate of drug-likeness (QED) is 0.805. The predicted octanol–water partition coefficient (Wildman–Crippen LogP) is 2.18. The fourth-order valence-corrected chi connectivity index (χ4v) is 4.78. The summed E-state index contributed by atoms with van der Waals surface area (Å²) in [6, 6.07) is 3.68. The van der Waals surface area contributed by atoms with Gasteiger partial charge in [-0.2, -0.15) is 0 Å². The molecule has 0 bridgehead atoms. The second-order valence-electron chi connectivity index (χ2n) is 8.28. The normalized spacial score (nSPS) is 26.3. The summed E-state index contributed by atoms with van der Waals surface area (Å²) in [4.78, 5) is 33.7. The second-order valence-corrected chi connectivity index (χ2v) is 8.28. The molecular formula is C21H26N4O4. The van der Waals surface area contributed by atoms with Gasteiger partial charge in [0.1, 0.15) is 11.8 Å². The maximum Gasteiger partial charge on any atom is 0.410 e. The van der Waals surface area contributed by atoms with E-state index in [1.807, 2.05) is 17.0 Å². The molecule has 2 aromatic heterocycles. The zero-order valence-electron chi connectivity index (χ0n) is 16.3. The van der Waals surface area contributed by atoms with Crippen molar-refractivity contribution in [3.8, 4) is 0 Å². The molecule has 3 aliphatic rings. The Balaban J connectivity index is 1.04. The molecule has 2 aromatic rings. The monoisotopic (exact) mass is 398 g/mol. The molecule has 0 spiro atoms. The molecule has 2 unspecified atom stereocenters. The fraction of sp³-hybridized carbons (Fsp3) is 0.571. The highest BCUT2D eigenvalue weighted by atomic mass is 16.6. The van der Waals surface area contributed by atoms with Crippen molar-refractivity contribution in [3.63, 3.8) is 0 Å². The zero-order chi connectivity index (χ0) is 19.8. The van der Waals surface area contributed by atoms with Crippen LogP contribution in [0.15, 0.2) is 24.5 Å². The van der Waals surface area contributed by atoms with Gasteiger partial charge in [0.15, 0.2) is 0 Å². The molecule has 154 valence electrons. The largest absolute Gasteiger partial charge is 0.446 e. The third kappa shape index (κ3) is 3.81. The Morgan fingerprint density at radius 1 is 1.28 bits per heavy atom. The van der Waals surface area contributed by atoms with E-state index in [9.17, 15) is 9.59 Å². The van der Waals surface area contributed by atoms with Gasteiger partial charge in [-0.15, -0.1) is 0 Å². The van der Waals surface area contributed by atoms with Crippen molar-refractivity contribution in [2.45, 2.75) is 25.4 Å². The van der Waals surface area contributed by atoms with Crippen LogP contribution in [-0.4, -0.2) is 65.8 Å². The Bertz CT molecular complexity index is 862. The van der Waals surface area contributed by atoms with Crippen molar-refractivity contribution < 1.29 is 19.1 Å². The van der Waals surface area contributed by atoms with Crippen molar-refractivity contribution in [1.29, 1.82) is 0 Å². The number of aromatic nitrogens is 2. The number of carbonyl (C=O) groups excluding carboxylic acids is 2. The number of fused-ring (bicyclic) bond motifs is 2. The number of rotatable bonds is 5. The lowest BCUT2D eigenvalue weighted by atomic mass is 10.1. The Hall–Kier alpha value is -2.61. The van der Waals surface area contributed by atoms with Gasteiger partial charge in [0.25, 0.3) is 5.91 Å². The van der Waals surface area contributed by atoms with Crippen LogP contribution in [-0.2, 0) is 9.47 Å². The van der Waals surface area contributed by atoms with Gasteiger partial charge in [-0.05, 0) is 36.3 Å². The van der Waals surface area contributed by atoms with Crippen LogP contribution in [0.4, 0.5) is 4.79 Å². The lowest BCUT2D eigenvalue weighted by Gasteiger charge is -2.26. The van der Waals surface area contributed by atoms with Crippen LogP contribution >= 0.6 is 0 Å². The van der Waals surface area contributed by atoms with Crippen molar-refractivity contribution in [1.82, 2.24) is 20.2 Å². The lowest BCUT2D eigenvalue weighted by Crippen LogP contribution is -2.36. The zero-order valence-corrected chi connectivity index (χ0v) is 16.3. The summed E-state index contributed by atoms with van der Waals surface area (Å²) in [7, 11) is 0. The van der Waals surface area contributed by atoms with E-state index in [0.717, 1.165) is 43.3 Å². The number of pyridine rings is 1. The Labute approximate surface area is 168 Å². The van der Waals surface area contributed by atoms with E-state index in [4.69, 9.17) is 9.47 Å². The first kappa shape index (κ1) is 18.4. The minimum Gasteiger partial charge on any atom is -0.446 e. The highest BCUT2D eigenvalue weighted by Crippen LogP contribution is 2.53. The summed E-state index contributed by atoms with van der Waals surface area (Å²) in [5, 5.41) is 3.93. The summed E-state index contributed by atoms with van der Waals surface area (Å²) >= 11 is 0. The average Bonchev–Trinajstić information content (AvgIpc) is 3.11. The Morgan fingerprint density at radius 3 is 2.83 bits per heavy atom. The fourth-order valence-electron chi connectivity index (χ4n) is 4.78. The molecule has 2 saturated heterocycles. The average molecular weight is 398 g/mol. The van der Waals surface area contributed by atoms with Gasteiger partial charge in [-0.25, -0.2) is 4.79 Å². The highest BCUT2D eigenvalue weighted by molar-refractivity contribution is 5.97. The second kappa shape index (κ2) is 7.67. The molecule has 8 nitrogen and oxygen atoms in total. The number of amides is 2. The predicted molar refractivity (Wildman–Crippen MR) is 105 cm³/mol. The number of nitrogens with zero attached hydrogens (tertiary/aromatic N) is 2. The molecule has 29 heavy (non-hydrogen) atoms. The molecule has 5 rings (SSSR count). The number of likely N-dealkylation sites (tertiary alicyclic amines) is 1. The minimum absolute atomic E-state index is 0.000364. The molecule has 2 aliphatic heterocycles. The van der Waals surface area contributed by atoms with E-state index in [2.05, 4.69) is 15.3 Å². The SMILES string of the molecule is O=C(NCCC1C2CN(C(=O)OC3CCOCC3)C[C@H]12)c1cc2cnccc2[nH]1. The highest BCUT2D eigenvalue weighted by Gasteiger charge is 2.56. The van der Waals surface area contributed by atoms with Crippen LogP contribution in [0.5, 0.6) is 0 Å². The van der Waals surface area contributed by atoms with E-state index >= 15 is 0 Å². The van der Waals surface area contributed by atoms with Crippen LogP contribution in [0, 0.1) is 17.8 Å². The van der Waals surface area contributed by atoms with Gasteiger partial charge in [-0.1, -0.05) is 0 Å². The van der Waals surface area contributed by atoms with E-state index in [1.54, 1.807) is 12.4 Å². The summed E-state index contributed by atoms with van der Waals surface area (Å²) in [5.74, 6) is 1.60. The van der Waals surface area contributed by atoms with Crippen LogP contribution in [0.25, 0.3) is 10.9 Å². The van der Waals surface area contributed by atoms with E-state index in [0.29, 0.717) is 43.2 Å². The van der Waals surface area contributed by atoms with Crippen LogP contribution in [0.1, 0.15) is 29.8 Å².